The summed E-state index contributed by atoms with van der Waals surface area (Å²) in [4.78, 5) is 2.25. The highest BCUT2D eigenvalue weighted by molar-refractivity contribution is 6.33. The number of nitrogens with one attached hydrogen (secondary N) is 1. The van der Waals surface area contributed by atoms with Crippen LogP contribution >= 0.6 is 11.6 Å². The van der Waals surface area contributed by atoms with Gasteiger partial charge in [0.05, 0.1) is 17.3 Å². The highest BCUT2D eigenvalue weighted by atomic mass is 35.5. The molecule has 1 N–H and O–H groups in total. The van der Waals surface area contributed by atoms with Crippen LogP contribution in [0.15, 0.2) is 18.2 Å². The van der Waals surface area contributed by atoms with E-state index in [1.807, 2.05) is 7.05 Å². The van der Waals surface area contributed by atoms with Gasteiger partial charge < -0.3 is 15.0 Å². The van der Waals surface area contributed by atoms with Crippen molar-refractivity contribution in [1.29, 1.82) is 0 Å². The molecule has 2 atom stereocenters. The SMILES string of the molecule is CNC(C)c1ccc(N(C)CC2CCCOC2)c(Cl)c1. The van der Waals surface area contributed by atoms with Crippen molar-refractivity contribution in [2.24, 2.45) is 5.92 Å². The van der Waals surface area contributed by atoms with Gasteiger partial charge in [-0.25, -0.2) is 0 Å². The molecular formula is C16H25ClN2O. The van der Waals surface area contributed by atoms with Crippen LogP contribution in [0, 0.1) is 5.92 Å². The Bertz CT molecular complexity index is 432. The van der Waals surface area contributed by atoms with Gasteiger partial charge in [0.25, 0.3) is 0 Å². The first-order valence-electron chi connectivity index (χ1n) is 7.37. The zero-order valence-corrected chi connectivity index (χ0v) is 13.4. The molecule has 4 heteroatoms. The minimum absolute atomic E-state index is 0.318. The first-order valence-corrected chi connectivity index (χ1v) is 7.75. The van der Waals surface area contributed by atoms with Crippen LogP contribution < -0.4 is 10.2 Å². The molecule has 0 bridgehead atoms. The minimum atomic E-state index is 0.318. The summed E-state index contributed by atoms with van der Waals surface area (Å²) in [5, 5.41) is 4.06. The van der Waals surface area contributed by atoms with Crippen molar-refractivity contribution in [2.75, 3.05) is 38.8 Å². The summed E-state index contributed by atoms with van der Waals surface area (Å²) in [6, 6.07) is 6.65. The van der Waals surface area contributed by atoms with Crippen molar-refractivity contribution in [2.45, 2.75) is 25.8 Å². The second-order valence-corrected chi connectivity index (χ2v) is 6.09. The van der Waals surface area contributed by atoms with Gasteiger partial charge in [-0.15, -0.1) is 0 Å². The van der Waals surface area contributed by atoms with Gasteiger partial charge >= 0.3 is 0 Å². The third kappa shape index (κ3) is 3.87. The summed E-state index contributed by atoms with van der Waals surface area (Å²) in [5.74, 6) is 0.612. The van der Waals surface area contributed by atoms with Crippen LogP contribution in [0.25, 0.3) is 0 Å². The van der Waals surface area contributed by atoms with Crippen molar-refractivity contribution in [1.82, 2.24) is 5.32 Å². The van der Waals surface area contributed by atoms with E-state index >= 15 is 0 Å². The number of anilines is 1. The second kappa shape index (κ2) is 7.30. The van der Waals surface area contributed by atoms with E-state index in [4.69, 9.17) is 16.3 Å². The molecule has 0 aromatic heterocycles. The Morgan fingerprint density at radius 1 is 1.50 bits per heavy atom. The van der Waals surface area contributed by atoms with Crippen LogP contribution in [-0.2, 0) is 4.74 Å². The van der Waals surface area contributed by atoms with Crippen LogP contribution in [0.3, 0.4) is 0 Å². The van der Waals surface area contributed by atoms with Gasteiger partial charge in [-0.3, -0.25) is 0 Å². The molecule has 3 nitrogen and oxygen atoms in total. The lowest BCUT2D eigenvalue weighted by atomic mass is 10.0. The van der Waals surface area contributed by atoms with Gasteiger partial charge in [-0.05, 0) is 50.4 Å². The predicted molar refractivity (Wildman–Crippen MR) is 85.7 cm³/mol. The highest BCUT2D eigenvalue weighted by Gasteiger charge is 2.17. The quantitative estimate of drug-likeness (QED) is 0.900. The van der Waals surface area contributed by atoms with E-state index in [0.29, 0.717) is 12.0 Å². The molecule has 1 aliphatic heterocycles. The molecule has 1 saturated heterocycles. The van der Waals surface area contributed by atoms with Crippen molar-refractivity contribution in [3.63, 3.8) is 0 Å². The van der Waals surface area contributed by atoms with E-state index in [0.717, 1.165) is 30.5 Å². The van der Waals surface area contributed by atoms with Crippen molar-refractivity contribution in [3.8, 4) is 0 Å². The smallest absolute Gasteiger partial charge is 0.0642 e. The van der Waals surface area contributed by atoms with Crippen LogP contribution in [0.2, 0.25) is 5.02 Å². The third-order valence-corrected chi connectivity index (χ3v) is 4.41. The van der Waals surface area contributed by atoms with Gasteiger partial charge in [0.1, 0.15) is 0 Å². The van der Waals surface area contributed by atoms with Gasteiger partial charge in [0.15, 0.2) is 0 Å². The maximum atomic E-state index is 6.44. The van der Waals surface area contributed by atoms with Crippen molar-refractivity contribution < 1.29 is 4.74 Å². The lowest BCUT2D eigenvalue weighted by molar-refractivity contribution is 0.0576. The maximum Gasteiger partial charge on any atom is 0.0642 e. The number of nitrogens with zero attached hydrogens (tertiary/aromatic N) is 1. The molecule has 112 valence electrons. The number of ether oxygens (including phenoxy) is 1. The summed E-state index contributed by atoms with van der Waals surface area (Å²) in [5.41, 5.74) is 2.32. The molecule has 2 unspecified atom stereocenters. The normalized spacial score (nSPS) is 20.7. The van der Waals surface area contributed by atoms with Crippen LogP contribution in [0.4, 0.5) is 5.69 Å². The third-order valence-electron chi connectivity index (χ3n) is 4.10. The fourth-order valence-electron chi connectivity index (χ4n) is 2.71. The molecule has 0 radical (unpaired) electrons. The number of benzene rings is 1. The Labute approximate surface area is 127 Å². The molecule has 20 heavy (non-hydrogen) atoms. The molecule has 1 fully saturated rings. The van der Waals surface area contributed by atoms with Crippen molar-refractivity contribution >= 4 is 17.3 Å². The molecule has 0 aliphatic carbocycles. The van der Waals surface area contributed by atoms with Gasteiger partial charge in [-0.1, -0.05) is 17.7 Å². The molecule has 0 amide bonds. The lowest BCUT2D eigenvalue weighted by Crippen LogP contribution is -2.31. The minimum Gasteiger partial charge on any atom is -0.381 e. The fraction of sp³-hybridized carbons (Fsp3) is 0.625. The predicted octanol–water partition coefficient (Wildman–Crippen LogP) is 3.48. The molecular weight excluding hydrogens is 272 g/mol. The zero-order chi connectivity index (χ0) is 14.5. The highest BCUT2D eigenvalue weighted by Crippen LogP contribution is 2.29. The van der Waals surface area contributed by atoms with Gasteiger partial charge in [0, 0.05) is 26.2 Å². The van der Waals surface area contributed by atoms with E-state index in [9.17, 15) is 0 Å². The fourth-order valence-corrected chi connectivity index (χ4v) is 3.04. The first-order chi connectivity index (χ1) is 9.61. The first kappa shape index (κ1) is 15.6. The topological polar surface area (TPSA) is 24.5 Å². The zero-order valence-electron chi connectivity index (χ0n) is 12.7. The average molecular weight is 297 g/mol. The molecule has 0 saturated carbocycles. The standard InChI is InChI=1S/C16H25ClN2O/c1-12(18-2)14-6-7-16(15(17)9-14)19(3)10-13-5-4-8-20-11-13/h6-7,9,12-13,18H,4-5,8,10-11H2,1-3H3. The average Bonchev–Trinajstić information content (AvgIpc) is 2.47. The largest absolute Gasteiger partial charge is 0.381 e. The number of halogens is 1. The maximum absolute atomic E-state index is 6.44. The van der Waals surface area contributed by atoms with Crippen LogP contribution in [-0.4, -0.2) is 33.9 Å². The van der Waals surface area contributed by atoms with E-state index in [1.165, 1.54) is 18.4 Å². The van der Waals surface area contributed by atoms with Gasteiger partial charge in [-0.2, -0.15) is 0 Å². The second-order valence-electron chi connectivity index (χ2n) is 5.68. The molecule has 1 aliphatic rings. The molecule has 1 heterocycles. The van der Waals surface area contributed by atoms with Crippen molar-refractivity contribution in [3.05, 3.63) is 28.8 Å². The molecule has 2 rings (SSSR count). The van der Waals surface area contributed by atoms with Gasteiger partial charge in [0.2, 0.25) is 0 Å². The summed E-state index contributed by atoms with van der Waals surface area (Å²) < 4.78 is 5.55. The summed E-state index contributed by atoms with van der Waals surface area (Å²) >= 11 is 6.44. The molecule has 1 aromatic rings. The number of rotatable bonds is 5. The Kier molecular flexibility index (Phi) is 5.70. The summed E-state index contributed by atoms with van der Waals surface area (Å²) in [7, 11) is 4.07. The Balaban J connectivity index is 2.03. The lowest BCUT2D eigenvalue weighted by Gasteiger charge is -2.29. The summed E-state index contributed by atoms with van der Waals surface area (Å²) in [6.07, 6.45) is 2.42. The summed E-state index contributed by atoms with van der Waals surface area (Å²) in [6.45, 7) is 4.92. The van der Waals surface area contributed by atoms with Crippen LogP contribution in [0.1, 0.15) is 31.4 Å². The number of hydrogen-bond acceptors (Lipinski definition) is 3. The number of hydrogen-bond donors (Lipinski definition) is 1. The Morgan fingerprint density at radius 3 is 2.90 bits per heavy atom. The Hall–Kier alpha value is -0.770. The van der Waals surface area contributed by atoms with E-state index in [1.54, 1.807) is 0 Å². The Morgan fingerprint density at radius 2 is 2.30 bits per heavy atom. The van der Waals surface area contributed by atoms with E-state index in [-0.39, 0.29) is 0 Å². The molecule has 0 spiro atoms. The van der Waals surface area contributed by atoms with E-state index < -0.39 is 0 Å². The monoisotopic (exact) mass is 296 g/mol. The van der Waals surface area contributed by atoms with E-state index in [2.05, 4.69) is 42.4 Å². The van der Waals surface area contributed by atoms with Crippen LogP contribution in [0.5, 0.6) is 0 Å². The molecule has 1 aromatic carbocycles.